The Hall–Kier alpha value is -2.25. The van der Waals surface area contributed by atoms with Gasteiger partial charge in [0.25, 0.3) is 0 Å². The summed E-state index contributed by atoms with van der Waals surface area (Å²) in [6.07, 6.45) is 0. The predicted molar refractivity (Wildman–Crippen MR) is 73.7 cm³/mol. The number of rotatable bonds is 3. The molecule has 1 aromatic heterocycles. The molecule has 0 saturated heterocycles. The quantitative estimate of drug-likeness (QED) is 0.517. The van der Waals surface area contributed by atoms with Crippen LogP contribution in [0.15, 0.2) is 24.3 Å². The molecule has 0 aliphatic carbocycles. The number of nitrogen functional groups attached to an aromatic ring is 1. The summed E-state index contributed by atoms with van der Waals surface area (Å²) in [7, 11) is 1.18. The molecule has 0 fully saturated rings. The van der Waals surface area contributed by atoms with Crippen LogP contribution in [0.5, 0.6) is 0 Å². The second-order valence-electron chi connectivity index (χ2n) is 3.97. The van der Waals surface area contributed by atoms with Crippen molar-refractivity contribution in [3.63, 3.8) is 0 Å². The number of pyridine rings is 1. The summed E-state index contributed by atoms with van der Waals surface area (Å²) in [5, 5.41) is 0.0791. The Balaban J connectivity index is 2.62. The lowest BCUT2D eigenvalue weighted by atomic mass is 10.1. The van der Waals surface area contributed by atoms with Crippen molar-refractivity contribution in [1.82, 2.24) is 4.98 Å². The Bertz CT molecular complexity index is 710. The number of halogens is 3. The monoisotopic (exact) mass is 313 g/mol. The molecule has 0 aliphatic rings. The second kappa shape index (κ2) is 6.02. The molecule has 2 aromatic rings. The summed E-state index contributed by atoms with van der Waals surface area (Å²) in [6, 6.07) is 4.65. The number of aromatic nitrogens is 1. The molecule has 1 heterocycles. The van der Waals surface area contributed by atoms with Crippen LogP contribution >= 0.6 is 11.6 Å². The van der Waals surface area contributed by atoms with Gasteiger partial charge >= 0.3 is 5.97 Å². The number of ether oxygens (including phenoxy) is 1. The number of carbonyl (C=O) groups is 1. The first kappa shape index (κ1) is 15.1. The smallest absolute Gasteiger partial charge is 0.358 e. The molecule has 110 valence electrons. The molecule has 1 aromatic carbocycles. The number of methoxy groups -OCH3 is 1. The first-order valence-electron chi connectivity index (χ1n) is 5.68. The first-order chi connectivity index (χ1) is 9.97. The standard InChI is InChI=1S/C13H10ClF2N3O2/c1-21-13(20)12-7(14)2-3-10(18-12)6-4-8(15)9(16)5-11(6)19-17/h2-5,19H,17H2,1H3. The van der Waals surface area contributed by atoms with Crippen molar-refractivity contribution in [2.24, 2.45) is 5.84 Å². The van der Waals surface area contributed by atoms with E-state index in [2.05, 4.69) is 15.1 Å². The van der Waals surface area contributed by atoms with Gasteiger partial charge in [0.2, 0.25) is 0 Å². The fraction of sp³-hybridized carbons (Fsp3) is 0.0769. The van der Waals surface area contributed by atoms with E-state index in [0.717, 1.165) is 12.1 Å². The van der Waals surface area contributed by atoms with E-state index in [1.165, 1.54) is 19.2 Å². The molecule has 0 bridgehead atoms. The molecule has 0 atom stereocenters. The molecule has 8 heteroatoms. The minimum absolute atomic E-state index is 0.0791. The third-order valence-corrected chi connectivity index (χ3v) is 3.02. The molecule has 5 nitrogen and oxygen atoms in total. The zero-order chi connectivity index (χ0) is 15.6. The minimum Gasteiger partial charge on any atom is -0.464 e. The van der Waals surface area contributed by atoms with Gasteiger partial charge in [-0.05, 0) is 18.2 Å². The number of carbonyl (C=O) groups excluding carboxylic acids is 1. The van der Waals surface area contributed by atoms with E-state index < -0.39 is 17.6 Å². The van der Waals surface area contributed by atoms with Gasteiger partial charge in [0.1, 0.15) is 0 Å². The van der Waals surface area contributed by atoms with Crippen LogP contribution in [0, 0.1) is 11.6 Å². The van der Waals surface area contributed by atoms with Gasteiger partial charge in [-0.2, -0.15) is 0 Å². The van der Waals surface area contributed by atoms with Crippen LogP contribution in [0.1, 0.15) is 10.5 Å². The number of esters is 1. The van der Waals surface area contributed by atoms with E-state index >= 15 is 0 Å². The third-order valence-electron chi connectivity index (χ3n) is 2.72. The van der Waals surface area contributed by atoms with Crippen LogP contribution in [0.4, 0.5) is 14.5 Å². The number of hydrogen-bond acceptors (Lipinski definition) is 5. The Labute approximate surface area is 123 Å². The third kappa shape index (κ3) is 2.93. The highest BCUT2D eigenvalue weighted by Gasteiger charge is 2.17. The van der Waals surface area contributed by atoms with Crippen LogP contribution < -0.4 is 11.3 Å². The van der Waals surface area contributed by atoms with E-state index in [1.807, 2.05) is 0 Å². The number of anilines is 1. The maximum Gasteiger partial charge on any atom is 0.358 e. The number of nitrogens with one attached hydrogen (secondary N) is 1. The average molecular weight is 314 g/mol. The molecule has 2 rings (SSSR count). The van der Waals surface area contributed by atoms with Crippen molar-refractivity contribution in [2.75, 3.05) is 12.5 Å². The van der Waals surface area contributed by atoms with Crippen LogP contribution in [0.2, 0.25) is 5.02 Å². The van der Waals surface area contributed by atoms with Crippen LogP contribution in [0.3, 0.4) is 0 Å². The van der Waals surface area contributed by atoms with Crippen LogP contribution in [0.25, 0.3) is 11.3 Å². The lowest BCUT2D eigenvalue weighted by molar-refractivity contribution is 0.0594. The maximum absolute atomic E-state index is 13.4. The van der Waals surface area contributed by atoms with Gasteiger partial charge in [-0.25, -0.2) is 18.6 Å². The Kier molecular flexibility index (Phi) is 4.35. The van der Waals surface area contributed by atoms with Gasteiger partial charge in [-0.15, -0.1) is 0 Å². The SMILES string of the molecule is COC(=O)c1nc(-c2cc(F)c(F)cc2NN)ccc1Cl. The minimum atomic E-state index is -1.07. The average Bonchev–Trinajstić information content (AvgIpc) is 2.49. The van der Waals surface area contributed by atoms with Gasteiger partial charge in [0.05, 0.1) is 23.5 Å². The predicted octanol–water partition coefficient (Wildman–Crippen LogP) is 2.75. The summed E-state index contributed by atoms with van der Waals surface area (Å²) in [6.45, 7) is 0. The highest BCUT2D eigenvalue weighted by Crippen LogP contribution is 2.30. The van der Waals surface area contributed by atoms with Crippen molar-refractivity contribution < 1.29 is 18.3 Å². The molecule has 0 unspecified atom stereocenters. The highest BCUT2D eigenvalue weighted by atomic mass is 35.5. The molecular weight excluding hydrogens is 304 g/mol. The summed E-state index contributed by atoms with van der Waals surface area (Å²) >= 11 is 5.85. The van der Waals surface area contributed by atoms with E-state index in [0.29, 0.717) is 0 Å². The molecule has 0 aliphatic heterocycles. The second-order valence-corrected chi connectivity index (χ2v) is 4.38. The molecule has 0 radical (unpaired) electrons. The van der Waals surface area contributed by atoms with E-state index in [-0.39, 0.29) is 27.7 Å². The zero-order valence-corrected chi connectivity index (χ0v) is 11.5. The highest BCUT2D eigenvalue weighted by molar-refractivity contribution is 6.33. The number of benzene rings is 1. The van der Waals surface area contributed by atoms with Crippen LogP contribution in [-0.2, 0) is 4.74 Å². The number of hydrogen-bond donors (Lipinski definition) is 2. The van der Waals surface area contributed by atoms with E-state index in [4.69, 9.17) is 17.4 Å². The first-order valence-corrected chi connectivity index (χ1v) is 6.06. The fourth-order valence-corrected chi connectivity index (χ4v) is 1.89. The molecule has 0 spiro atoms. The molecular formula is C13H10ClF2N3O2. The molecule has 0 amide bonds. The van der Waals surface area contributed by atoms with E-state index in [1.54, 1.807) is 0 Å². The van der Waals surface area contributed by atoms with Crippen molar-refractivity contribution in [3.05, 3.63) is 46.6 Å². The number of hydrazine groups is 1. The Morgan fingerprint density at radius 3 is 2.62 bits per heavy atom. The normalized spacial score (nSPS) is 10.3. The largest absolute Gasteiger partial charge is 0.464 e. The lowest BCUT2D eigenvalue weighted by Crippen LogP contribution is -2.10. The van der Waals surface area contributed by atoms with Crippen molar-refractivity contribution >= 4 is 23.3 Å². The summed E-state index contributed by atoms with van der Waals surface area (Å²) < 4.78 is 31.1. The molecule has 3 N–H and O–H groups in total. The molecule has 21 heavy (non-hydrogen) atoms. The Morgan fingerprint density at radius 2 is 2.00 bits per heavy atom. The van der Waals surface area contributed by atoms with Gasteiger partial charge in [0.15, 0.2) is 17.3 Å². The van der Waals surface area contributed by atoms with E-state index in [9.17, 15) is 13.6 Å². The van der Waals surface area contributed by atoms with Gasteiger partial charge < -0.3 is 10.2 Å². The Morgan fingerprint density at radius 1 is 1.33 bits per heavy atom. The summed E-state index contributed by atoms with van der Waals surface area (Å²) in [5.41, 5.74) is 2.59. The van der Waals surface area contributed by atoms with Crippen molar-refractivity contribution in [1.29, 1.82) is 0 Å². The van der Waals surface area contributed by atoms with Crippen LogP contribution in [-0.4, -0.2) is 18.1 Å². The summed E-state index contributed by atoms with van der Waals surface area (Å²) in [4.78, 5) is 15.6. The van der Waals surface area contributed by atoms with Gasteiger partial charge in [0, 0.05) is 11.6 Å². The van der Waals surface area contributed by atoms with Gasteiger partial charge in [-0.1, -0.05) is 11.6 Å². The van der Waals surface area contributed by atoms with Crippen molar-refractivity contribution in [3.8, 4) is 11.3 Å². The maximum atomic E-state index is 13.4. The topological polar surface area (TPSA) is 77.2 Å². The van der Waals surface area contributed by atoms with Gasteiger partial charge in [-0.3, -0.25) is 5.84 Å². The molecule has 0 saturated carbocycles. The number of nitrogens with zero attached hydrogens (tertiary/aromatic N) is 1. The number of nitrogens with two attached hydrogens (primary N) is 1. The van der Waals surface area contributed by atoms with Crippen molar-refractivity contribution in [2.45, 2.75) is 0 Å². The summed E-state index contributed by atoms with van der Waals surface area (Å²) in [5.74, 6) is 2.40. The zero-order valence-electron chi connectivity index (χ0n) is 10.8. The lowest BCUT2D eigenvalue weighted by Gasteiger charge is -2.10. The fourth-order valence-electron chi connectivity index (χ4n) is 1.71.